The van der Waals surface area contributed by atoms with Gasteiger partial charge >= 0.3 is 0 Å². The lowest BCUT2D eigenvalue weighted by molar-refractivity contribution is 0.644. The molecule has 0 amide bonds. The lowest BCUT2D eigenvalue weighted by atomic mass is 10.2. The van der Waals surface area contributed by atoms with E-state index in [1.165, 1.54) is 12.8 Å². The molecule has 1 fully saturated rings. The summed E-state index contributed by atoms with van der Waals surface area (Å²) in [6, 6.07) is 2.06. The number of anilines is 1. The van der Waals surface area contributed by atoms with E-state index in [1.54, 1.807) is 0 Å². The van der Waals surface area contributed by atoms with Crippen LogP contribution >= 0.6 is 0 Å². The van der Waals surface area contributed by atoms with Gasteiger partial charge in [0.15, 0.2) is 0 Å². The van der Waals surface area contributed by atoms with E-state index in [4.69, 9.17) is 4.98 Å². The molecule has 5 nitrogen and oxygen atoms in total. The average molecular weight is 285 g/mol. The van der Waals surface area contributed by atoms with Gasteiger partial charge in [-0.1, -0.05) is 6.92 Å². The Morgan fingerprint density at radius 2 is 2.14 bits per heavy atom. The lowest BCUT2D eigenvalue weighted by Crippen LogP contribution is -2.08. The highest BCUT2D eigenvalue weighted by molar-refractivity contribution is 5.37. The largest absolute Gasteiger partial charge is 0.370 e. The summed E-state index contributed by atoms with van der Waals surface area (Å²) in [5.74, 6) is 3.59. The van der Waals surface area contributed by atoms with Crippen LogP contribution in [0.15, 0.2) is 18.5 Å². The van der Waals surface area contributed by atoms with Crippen molar-refractivity contribution in [2.75, 3.05) is 11.9 Å². The maximum atomic E-state index is 4.75. The SMILES string of the molecule is CCCn1ccnc1Cc1cc(NCC)nc(C2CC2)n1. The third kappa shape index (κ3) is 3.40. The molecular weight excluding hydrogens is 262 g/mol. The molecular formula is C16H23N5. The first kappa shape index (κ1) is 14.0. The van der Waals surface area contributed by atoms with Gasteiger partial charge in [-0.2, -0.15) is 0 Å². The van der Waals surface area contributed by atoms with Gasteiger partial charge in [0.05, 0.1) is 5.69 Å². The minimum Gasteiger partial charge on any atom is -0.370 e. The molecule has 1 N–H and O–H groups in total. The Bertz CT molecular complexity index is 600. The second kappa shape index (κ2) is 6.24. The van der Waals surface area contributed by atoms with Gasteiger partial charge in [0.1, 0.15) is 17.5 Å². The Kier molecular flexibility index (Phi) is 4.18. The van der Waals surface area contributed by atoms with Gasteiger partial charge in [-0.05, 0) is 26.2 Å². The fourth-order valence-electron chi connectivity index (χ4n) is 2.52. The summed E-state index contributed by atoms with van der Waals surface area (Å²) in [6.45, 7) is 6.16. The van der Waals surface area contributed by atoms with Crippen molar-refractivity contribution in [3.8, 4) is 0 Å². The van der Waals surface area contributed by atoms with E-state index in [-0.39, 0.29) is 0 Å². The van der Waals surface area contributed by atoms with Crippen LogP contribution in [0.25, 0.3) is 0 Å². The monoisotopic (exact) mass is 285 g/mol. The van der Waals surface area contributed by atoms with E-state index in [0.29, 0.717) is 5.92 Å². The zero-order valence-electron chi connectivity index (χ0n) is 12.8. The molecule has 0 saturated heterocycles. The summed E-state index contributed by atoms with van der Waals surface area (Å²) in [6.07, 6.45) is 8.25. The highest BCUT2D eigenvalue weighted by Gasteiger charge is 2.27. The van der Waals surface area contributed by atoms with Crippen LogP contribution in [0.5, 0.6) is 0 Å². The third-order valence-corrected chi connectivity index (χ3v) is 3.70. The normalized spacial score (nSPS) is 14.4. The maximum Gasteiger partial charge on any atom is 0.134 e. The van der Waals surface area contributed by atoms with Gasteiger partial charge < -0.3 is 9.88 Å². The van der Waals surface area contributed by atoms with Crippen molar-refractivity contribution in [1.82, 2.24) is 19.5 Å². The van der Waals surface area contributed by atoms with Gasteiger partial charge in [0.25, 0.3) is 0 Å². The second-order valence-electron chi connectivity index (χ2n) is 5.62. The number of hydrogen-bond acceptors (Lipinski definition) is 4. The van der Waals surface area contributed by atoms with E-state index in [9.17, 15) is 0 Å². The summed E-state index contributed by atoms with van der Waals surface area (Å²) < 4.78 is 2.21. The van der Waals surface area contributed by atoms with Crippen molar-refractivity contribution >= 4 is 5.82 Å². The second-order valence-corrected chi connectivity index (χ2v) is 5.62. The van der Waals surface area contributed by atoms with Crippen LogP contribution in [0.3, 0.4) is 0 Å². The van der Waals surface area contributed by atoms with E-state index in [2.05, 4.69) is 39.8 Å². The Labute approximate surface area is 125 Å². The van der Waals surface area contributed by atoms with Crippen LogP contribution in [0.4, 0.5) is 5.82 Å². The molecule has 3 rings (SSSR count). The zero-order chi connectivity index (χ0) is 14.7. The number of rotatable bonds is 7. The molecule has 1 aliphatic carbocycles. The van der Waals surface area contributed by atoms with Crippen molar-refractivity contribution in [2.24, 2.45) is 0 Å². The molecule has 0 atom stereocenters. The lowest BCUT2D eigenvalue weighted by Gasteiger charge is -2.10. The molecule has 0 unspecified atom stereocenters. The molecule has 2 heterocycles. The Morgan fingerprint density at radius 3 is 2.86 bits per heavy atom. The zero-order valence-corrected chi connectivity index (χ0v) is 12.8. The number of aromatic nitrogens is 4. The van der Waals surface area contributed by atoms with E-state index >= 15 is 0 Å². The van der Waals surface area contributed by atoms with Crippen molar-refractivity contribution in [3.63, 3.8) is 0 Å². The molecule has 0 aromatic carbocycles. The van der Waals surface area contributed by atoms with Crippen molar-refractivity contribution in [3.05, 3.63) is 35.8 Å². The number of aryl methyl sites for hydroxylation is 1. The van der Waals surface area contributed by atoms with Gasteiger partial charge in [0, 0.05) is 43.9 Å². The summed E-state index contributed by atoms with van der Waals surface area (Å²) >= 11 is 0. The average Bonchev–Trinajstić information content (AvgIpc) is 3.23. The minimum absolute atomic E-state index is 0.567. The van der Waals surface area contributed by atoms with Crippen LogP contribution in [0.1, 0.15) is 56.4 Å². The van der Waals surface area contributed by atoms with E-state index in [0.717, 1.165) is 49.1 Å². The van der Waals surface area contributed by atoms with E-state index < -0.39 is 0 Å². The molecule has 0 bridgehead atoms. The Balaban J connectivity index is 1.84. The van der Waals surface area contributed by atoms with Crippen LogP contribution in [0.2, 0.25) is 0 Å². The number of imidazole rings is 1. The summed E-state index contributed by atoms with van der Waals surface area (Å²) in [5, 5.41) is 3.31. The molecule has 1 saturated carbocycles. The predicted octanol–water partition coefficient (Wildman–Crippen LogP) is 2.98. The Morgan fingerprint density at radius 1 is 1.29 bits per heavy atom. The summed E-state index contributed by atoms with van der Waals surface area (Å²) in [5.41, 5.74) is 1.06. The first-order valence-electron chi connectivity index (χ1n) is 7.91. The van der Waals surface area contributed by atoms with E-state index in [1.807, 2.05) is 12.4 Å². The number of nitrogens with one attached hydrogen (secondary N) is 1. The molecule has 0 aliphatic heterocycles. The van der Waals surface area contributed by atoms with Crippen molar-refractivity contribution < 1.29 is 0 Å². The summed E-state index contributed by atoms with van der Waals surface area (Å²) in [4.78, 5) is 13.9. The molecule has 5 heteroatoms. The molecule has 21 heavy (non-hydrogen) atoms. The predicted molar refractivity (Wildman–Crippen MR) is 83.5 cm³/mol. The molecule has 2 aromatic heterocycles. The quantitative estimate of drug-likeness (QED) is 0.849. The van der Waals surface area contributed by atoms with Gasteiger partial charge in [-0.25, -0.2) is 15.0 Å². The van der Waals surface area contributed by atoms with Crippen LogP contribution < -0.4 is 5.32 Å². The molecule has 0 spiro atoms. The molecule has 112 valence electrons. The molecule has 2 aromatic rings. The first-order chi connectivity index (χ1) is 10.3. The Hall–Kier alpha value is -1.91. The van der Waals surface area contributed by atoms with Gasteiger partial charge in [-0.15, -0.1) is 0 Å². The van der Waals surface area contributed by atoms with Crippen LogP contribution in [-0.2, 0) is 13.0 Å². The van der Waals surface area contributed by atoms with Crippen molar-refractivity contribution in [1.29, 1.82) is 0 Å². The first-order valence-corrected chi connectivity index (χ1v) is 7.91. The number of hydrogen-bond donors (Lipinski definition) is 1. The fraction of sp³-hybridized carbons (Fsp3) is 0.562. The van der Waals surface area contributed by atoms with Gasteiger partial charge in [0.2, 0.25) is 0 Å². The third-order valence-electron chi connectivity index (χ3n) is 3.70. The molecule has 1 aliphatic rings. The minimum atomic E-state index is 0.567. The van der Waals surface area contributed by atoms with Crippen LogP contribution in [0, 0.1) is 0 Å². The fourth-order valence-corrected chi connectivity index (χ4v) is 2.52. The highest BCUT2D eigenvalue weighted by Crippen LogP contribution is 2.38. The summed E-state index contributed by atoms with van der Waals surface area (Å²) in [7, 11) is 0. The van der Waals surface area contributed by atoms with Gasteiger partial charge in [-0.3, -0.25) is 0 Å². The molecule has 0 radical (unpaired) electrons. The topological polar surface area (TPSA) is 55.6 Å². The van der Waals surface area contributed by atoms with Crippen LogP contribution in [-0.4, -0.2) is 26.1 Å². The number of nitrogens with zero attached hydrogens (tertiary/aromatic N) is 4. The smallest absolute Gasteiger partial charge is 0.134 e. The highest BCUT2D eigenvalue weighted by atomic mass is 15.1. The maximum absolute atomic E-state index is 4.75. The van der Waals surface area contributed by atoms with Crippen molar-refractivity contribution in [2.45, 2.75) is 52.0 Å². The standard InChI is InChI=1S/C16H23N5/c1-3-8-21-9-7-18-15(21)11-13-10-14(17-4-2)20-16(19-13)12-5-6-12/h7,9-10,12H,3-6,8,11H2,1-2H3,(H,17,19,20).